The highest BCUT2D eigenvalue weighted by Crippen LogP contribution is 2.33. The van der Waals surface area contributed by atoms with Crippen molar-refractivity contribution in [3.05, 3.63) is 188 Å². The van der Waals surface area contributed by atoms with Gasteiger partial charge in [0.2, 0.25) is 0 Å². The Bertz CT molecular complexity index is 2610. The van der Waals surface area contributed by atoms with Crippen LogP contribution in [-0.4, -0.2) is 137 Å². The van der Waals surface area contributed by atoms with Crippen molar-refractivity contribution in [1.82, 2.24) is 0 Å². The van der Waals surface area contributed by atoms with Crippen molar-refractivity contribution in [2.45, 2.75) is 164 Å². The lowest BCUT2D eigenvalue weighted by Gasteiger charge is -2.33. The number of carbonyl (C=O) groups is 3. The van der Waals surface area contributed by atoms with Gasteiger partial charge in [0.15, 0.2) is 5.78 Å². The first-order valence-corrected chi connectivity index (χ1v) is 28.3. The number of ether oxygens (including phenoxy) is 7. The maximum Gasteiger partial charge on any atom is 0.335 e. The van der Waals surface area contributed by atoms with E-state index in [1.54, 1.807) is 28.4 Å². The van der Waals surface area contributed by atoms with Crippen LogP contribution in [0.1, 0.15) is 121 Å². The fourth-order valence-corrected chi connectivity index (χ4v) is 8.82. The first-order chi connectivity index (χ1) is 40.4. The van der Waals surface area contributed by atoms with Gasteiger partial charge in [0.25, 0.3) is 11.4 Å². The van der Waals surface area contributed by atoms with E-state index in [2.05, 4.69) is 24.3 Å². The highest BCUT2D eigenvalue weighted by molar-refractivity contribution is 5.96. The molecule has 6 aliphatic rings. The minimum atomic E-state index is -1.09. The van der Waals surface area contributed by atoms with Crippen LogP contribution in [0.3, 0.4) is 0 Å². The zero-order chi connectivity index (χ0) is 60.8. The van der Waals surface area contributed by atoms with E-state index in [0.717, 1.165) is 82.9 Å². The monoisotopic (exact) mass is 1170 g/mol. The average molecular weight is 1170 g/mol. The number of Topliss-reactive ketones (excluding diaryl/α,β-unsaturated/α-hetero) is 2. The molecule has 0 aliphatic heterocycles. The summed E-state index contributed by atoms with van der Waals surface area (Å²) in [4.78, 5) is 52.5. The summed E-state index contributed by atoms with van der Waals surface area (Å²) >= 11 is 0. The third-order valence-electron chi connectivity index (χ3n) is 14.9. The molecular formula is C64H82N2O18. The number of aliphatic hydroxyl groups excluding tert-OH is 3. The Morgan fingerprint density at radius 3 is 1.06 bits per heavy atom. The molecule has 5 aromatic carbocycles. The first-order valence-electron chi connectivity index (χ1n) is 28.3. The summed E-state index contributed by atoms with van der Waals surface area (Å²) in [5.41, 5.74) is 4.09. The lowest BCUT2D eigenvalue weighted by molar-refractivity contribution is -0.385. The summed E-state index contributed by atoms with van der Waals surface area (Å²) in [6.45, 7) is 2.01. The van der Waals surface area contributed by atoms with E-state index in [0.29, 0.717) is 80.3 Å². The summed E-state index contributed by atoms with van der Waals surface area (Å²) < 4.78 is 36.9. The molecule has 456 valence electrons. The van der Waals surface area contributed by atoms with E-state index in [1.807, 2.05) is 66.7 Å². The second kappa shape index (κ2) is 36.9. The predicted octanol–water partition coefficient (Wildman–Crippen LogP) is 10.2. The van der Waals surface area contributed by atoms with E-state index in [-0.39, 0.29) is 53.2 Å². The van der Waals surface area contributed by atoms with Gasteiger partial charge in [0, 0.05) is 77.5 Å². The number of non-ortho nitro benzene ring substituents is 2. The zero-order valence-corrected chi connectivity index (χ0v) is 48.3. The van der Waals surface area contributed by atoms with Crippen LogP contribution in [0.25, 0.3) is 0 Å². The van der Waals surface area contributed by atoms with Gasteiger partial charge in [-0.15, -0.1) is 0 Å². The largest absolute Gasteiger partial charge is 0.478 e. The van der Waals surface area contributed by atoms with Crippen molar-refractivity contribution < 1.29 is 77.8 Å². The Morgan fingerprint density at radius 1 is 0.440 bits per heavy atom. The van der Waals surface area contributed by atoms with Gasteiger partial charge < -0.3 is 53.6 Å². The van der Waals surface area contributed by atoms with Crippen molar-refractivity contribution in [2.24, 2.45) is 5.92 Å². The highest BCUT2D eigenvalue weighted by atomic mass is 16.6. The number of rotatable bonds is 19. The number of nitrogens with zero attached hydrogens (tertiary/aromatic N) is 2. The van der Waals surface area contributed by atoms with Crippen molar-refractivity contribution in [2.75, 3.05) is 28.4 Å². The molecule has 6 saturated carbocycles. The number of hydrogen-bond acceptors (Lipinski definition) is 17. The molecule has 0 heterocycles. The first kappa shape index (κ1) is 68.1. The van der Waals surface area contributed by atoms with Crippen LogP contribution in [0.2, 0.25) is 0 Å². The van der Waals surface area contributed by atoms with Gasteiger partial charge in [-0.1, -0.05) is 91.0 Å². The van der Waals surface area contributed by atoms with Crippen LogP contribution in [0, 0.1) is 26.1 Å². The number of ketones is 2. The van der Waals surface area contributed by atoms with E-state index < -0.39 is 15.8 Å². The van der Waals surface area contributed by atoms with Crippen LogP contribution in [0.5, 0.6) is 0 Å². The fraction of sp³-hybridized carbons (Fsp3) is 0.484. The van der Waals surface area contributed by atoms with Gasteiger partial charge in [-0.2, -0.15) is 0 Å². The number of carboxylic acid groups (broad SMARTS) is 1. The molecule has 20 heteroatoms. The Labute approximate surface area is 491 Å². The molecule has 6 fully saturated rings. The van der Waals surface area contributed by atoms with Gasteiger partial charge in [-0.3, -0.25) is 29.8 Å². The number of aliphatic hydroxyl groups is 3. The number of methoxy groups -OCH3 is 4. The molecule has 0 aromatic heterocycles. The number of carbonyl (C=O) groups excluding carboxylic acids is 2. The smallest absolute Gasteiger partial charge is 0.335 e. The Hall–Kier alpha value is -6.69. The molecule has 0 amide bonds. The maximum absolute atomic E-state index is 11.9. The Kier molecular flexibility index (Phi) is 29.9. The number of nitro groups is 2. The second-order valence-electron chi connectivity index (χ2n) is 21.4. The molecule has 84 heavy (non-hydrogen) atoms. The molecule has 20 nitrogen and oxygen atoms in total. The van der Waals surface area contributed by atoms with Crippen molar-refractivity contribution in [3.63, 3.8) is 0 Å². The Morgan fingerprint density at radius 2 is 0.750 bits per heavy atom. The van der Waals surface area contributed by atoms with Crippen LogP contribution < -0.4 is 0 Å². The molecule has 0 unspecified atom stereocenters. The molecular weight excluding hydrogens is 1080 g/mol. The summed E-state index contributed by atoms with van der Waals surface area (Å²) in [5, 5.41) is 55.5. The number of aromatic carboxylic acids is 1. The second-order valence-corrected chi connectivity index (χ2v) is 21.4. The van der Waals surface area contributed by atoms with Crippen molar-refractivity contribution >= 4 is 28.9 Å². The molecule has 0 atom stereocenters. The maximum atomic E-state index is 11.9. The van der Waals surface area contributed by atoms with E-state index >= 15 is 0 Å². The van der Waals surface area contributed by atoms with Gasteiger partial charge in [-0.25, -0.2) is 4.79 Å². The van der Waals surface area contributed by atoms with Crippen LogP contribution in [0.15, 0.2) is 140 Å². The fourth-order valence-electron chi connectivity index (χ4n) is 8.82. The van der Waals surface area contributed by atoms with Crippen LogP contribution in [-0.2, 0) is 57.8 Å². The number of benzene rings is 5. The molecule has 4 N–H and O–H groups in total. The van der Waals surface area contributed by atoms with Crippen molar-refractivity contribution in [1.29, 1.82) is 0 Å². The molecule has 0 bridgehead atoms. The summed E-state index contributed by atoms with van der Waals surface area (Å²) in [6.07, 6.45) is 12.5. The molecule has 6 aliphatic carbocycles. The van der Waals surface area contributed by atoms with Gasteiger partial charge in [-0.05, 0) is 111 Å². The SMILES string of the molecule is COC1CC(CC(=O)c2ccc([N+](=O)[O-])cc2)C1.COC1CC(O)C1.COC1CC(O)C1.COC1CC(OCc2ccccc2)C1.O=C(O)c1ccc([N+](=O)[O-])cc1.O=C1CC(OCc2ccccc2)C1.OC1CC(OCc2ccccc2)C1. The summed E-state index contributed by atoms with van der Waals surface area (Å²) in [6, 6.07) is 40.9. The van der Waals surface area contributed by atoms with E-state index in [1.165, 1.54) is 53.1 Å². The lowest BCUT2D eigenvalue weighted by Crippen LogP contribution is -2.36. The third-order valence-corrected chi connectivity index (χ3v) is 14.9. The quantitative estimate of drug-likeness (QED) is 0.0340. The molecule has 0 saturated heterocycles. The van der Waals surface area contributed by atoms with Crippen LogP contribution >= 0.6 is 0 Å². The van der Waals surface area contributed by atoms with Gasteiger partial charge in [0.05, 0.1) is 96.3 Å². The topological polar surface area (TPSA) is 283 Å². The third kappa shape index (κ3) is 25.3. The molecule has 11 rings (SSSR count). The Balaban J connectivity index is 0.000000183. The van der Waals surface area contributed by atoms with E-state index in [9.17, 15) is 34.6 Å². The molecule has 0 radical (unpaired) electrons. The normalized spacial score (nSPS) is 23.9. The summed E-state index contributed by atoms with van der Waals surface area (Å²) in [5.74, 6) is -0.343. The predicted molar refractivity (Wildman–Crippen MR) is 312 cm³/mol. The summed E-state index contributed by atoms with van der Waals surface area (Å²) in [7, 11) is 6.80. The standard InChI is InChI=1S/C13H15NO4.C12H16O2.C11H14O2.C11H12O2.C7H5NO4.2C5H10O2/c1-18-12-6-9(7-12)8-13(15)10-2-4-11(5-3-10)14(16)17;1-13-11-7-12(8-11)14-9-10-5-3-2-4-6-10;2*12-10-6-11(7-10)13-8-9-4-2-1-3-5-9;9-7(10)5-1-3-6(4-2-5)8(11)12;2*1-7-5-2-4(6)3-5/h2-5,9,12H,6-8H2,1H3;2-6,11-12H,7-9H2,1H3;1-5,10-12H,6-8H2;1-5,11H,6-8H2;1-4H,(H,9,10);2*4-6H,2-3H2,1H3. The lowest BCUT2D eigenvalue weighted by atomic mass is 9.78. The number of nitro benzene ring substituents is 2. The average Bonchev–Trinajstić information content (AvgIpc) is 3.56. The number of carboxylic acids is 1. The molecule has 0 spiro atoms. The highest BCUT2D eigenvalue weighted by Gasteiger charge is 2.32. The van der Waals surface area contributed by atoms with Gasteiger partial charge >= 0.3 is 5.97 Å². The van der Waals surface area contributed by atoms with Crippen molar-refractivity contribution in [3.8, 4) is 0 Å². The van der Waals surface area contributed by atoms with E-state index in [4.69, 9.17) is 53.6 Å². The minimum Gasteiger partial charge on any atom is -0.478 e. The minimum absolute atomic E-state index is 0.00893. The van der Waals surface area contributed by atoms with Gasteiger partial charge in [0.1, 0.15) is 5.78 Å². The zero-order valence-electron chi connectivity index (χ0n) is 48.3. The van der Waals surface area contributed by atoms with Crippen LogP contribution in [0.4, 0.5) is 11.4 Å². The molecule has 5 aromatic rings. The number of hydrogen-bond donors (Lipinski definition) is 4.